The Bertz CT molecular complexity index is 1250. The minimum absolute atomic E-state index is 0.120. The van der Waals surface area contributed by atoms with Gasteiger partial charge in [-0.05, 0) is 30.3 Å². The van der Waals surface area contributed by atoms with Gasteiger partial charge in [0.15, 0.2) is 5.78 Å². The van der Waals surface area contributed by atoms with Crippen molar-refractivity contribution in [3.05, 3.63) is 63.6 Å². The highest BCUT2D eigenvalue weighted by Gasteiger charge is 2.55. The Balaban J connectivity index is 1.32. The molecule has 0 saturated carbocycles. The fourth-order valence-corrected chi connectivity index (χ4v) is 4.74. The highest BCUT2D eigenvalue weighted by Crippen LogP contribution is 2.34. The van der Waals surface area contributed by atoms with Crippen molar-refractivity contribution in [2.24, 2.45) is 11.0 Å². The maximum Gasteiger partial charge on any atom is 0.261 e. The SMILES string of the molecule is O=C(CCN1C(=O)c2ccccc2C1=O)C1=NN[C@H]2C(=O)N(c3cc(Cl)cc(Cl)c3)C(=O)[C@@H]12. The molecule has 9 nitrogen and oxygen atoms in total. The number of hydrogen-bond donors (Lipinski definition) is 1. The molecule has 3 heterocycles. The number of halogens is 2. The zero-order chi connectivity index (χ0) is 23.4. The molecule has 0 aromatic heterocycles. The molecule has 5 rings (SSSR count). The van der Waals surface area contributed by atoms with Crippen molar-refractivity contribution in [3.8, 4) is 0 Å². The van der Waals surface area contributed by atoms with Crippen LogP contribution >= 0.6 is 23.2 Å². The zero-order valence-corrected chi connectivity index (χ0v) is 18.3. The first kappa shape index (κ1) is 21.3. The number of rotatable bonds is 5. The van der Waals surface area contributed by atoms with Crippen molar-refractivity contribution >= 4 is 64.0 Å². The largest absolute Gasteiger partial charge is 0.296 e. The Morgan fingerprint density at radius 3 is 2.15 bits per heavy atom. The Kier molecular flexibility index (Phi) is 5.02. The number of nitrogens with zero attached hydrogens (tertiary/aromatic N) is 3. The van der Waals surface area contributed by atoms with Crippen LogP contribution in [0.3, 0.4) is 0 Å². The van der Waals surface area contributed by atoms with E-state index in [0.29, 0.717) is 0 Å². The van der Waals surface area contributed by atoms with E-state index in [1.54, 1.807) is 24.3 Å². The number of fused-ring (bicyclic) bond motifs is 2. The standard InChI is InChI=1S/C22H14Cl2N4O5/c23-10-7-11(24)9-12(8-10)28-21(32)16-17(25-26-18(16)22(28)33)15(29)5-6-27-19(30)13-3-1-2-4-14(13)20(27)31/h1-4,7-9,16,18,26H,5-6H2/t16-,18+/m0/s1. The Labute approximate surface area is 196 Å². The van der Waals surface area contributed by atoms with Crippen LogP contribution in [0, 0.1) is 5.92 Å². The number of benzene rings is 2. The number of amides is 4. The summed E-state index contributed by atoms with van der Waals surface area (Å²) >= 11 is 12.0. The maximum absolute atomic E-state index is 13.1. The first-order valence-electron chi connectivity index (χ1n) is 9.93. The smallest absolute Gasteiger partial charge is 0.261 e. The van der Waals surface area contributed by atoms with Crippen LogP contribution in [0.15, 0.2) is 47.6 Å². The Morgan fingerprint density at radius 2 is 1.55 bits per heavy atom. The van der Waals surface area contributed by atoms with Crippen molar-refractivity contribution in [3.63, 3.8) is 0 Å². The second kappa shape index (κ2) is 7.79. The second-order valence-corrected chi connectivity index (χ2v) is 8.57. The number of hydrazone groups is 1. The molecule has 166 valence electrons. The Hall–Kier alpha value is -3.56. The average molecular weight is 485 g/mol. The topological polar surface area (TPSA) is 116 Å². The van der Waals surface area contributed by atoms with Gasteiger partial charge in [-0.3, -0.25) is 34.3 Å². The lowest BCUT2D eigenvalue weighted by Crippen LogP contribution is -2.36. The van der Waals surface area contributed by atoms with E-state index in [9.17, 15) is 24.0 Å². The summed E-state index contributed by atoms with van der Waals surface area (Å²) in [6.45, 7) is -0.169. The molecular formula is C22H14Cl2N4O5. The van der Waals surface area contributed by atoms with Crippen molar-refractivity contribution in [2.75, 3.05) is 11.4 Å². The van der Waals surface area contributed by atoms with E-state index in [2.05, 4.69) is 10.5 Å². The highest BCUT2D eigenvalue weighted by atomic mass is 35.5. The van der Waals surface area contributed by atoms with E-state index < -0.39 is 41.4 Å². The van der Waals surface area contributed by atoms with Crippen LogP contribution < -0.4 is 10.3 Å². The van der Waals surface area contributed by atoms with Crippen molar-refractivity contribution < 1.29 is 24.0 Å². The third-order valence-electron chi connectivity index (χ3n) is 5.76. The van der Waals surface area contributed by atoms with Gasteiger partial charge in [-0.25, -0.2) is 4.90 Å². The summed E-state index contributed by atoms with van der Waals surface area (Å²) in [7, 11) is 0. The molecule has 0 unspecified atom stereocenters. The molecule has 3 aliphatic heterocycles. The normalized spacial score (nSPS) is 21.3. The molecule has 4 amide bonds. The van der Waals surface area contributed by atoms with E-state index in [0.717, 1.165) is 9.80 Å². The fourth-order valence-electron chi connectivity index (χ4n) is 4.23. The van der Waals surface area contributed by atoms with E-state index in [1.807, 2.05) is 0 Å². The molecule has 2 aromatic carbocycles. The minimum atomic E-state index is -1.12. The molecule has 2 aromatic rings. The first-order chi connectivity index (χ1) is 15.8. The third kappa shape index (κ3) is 3.32. The monoisotopic (exact) mass is 484 g/mol. The number of hydrogen-bond acceptors (Lipinski definition) is 7. The summed E-state index contributed by atoms with van der Waals surface area (Å²) in [5.41, 5.74) is 3.19. The summed E-state index contributed by atoms with van der Waals surface area (Å²) in [5, 5.41) is 4.40. The molecule has 11 heteroatoms. The second-order valence-electron chi connectivity index (χ2n) is 7.70. The van der Waals surface area contributed by atoms with Crippen molar-refractivity contribution in [2.45, 2.75) is 12.5 Å². The molecule has 0 spiro atoms. The molecule has 0 bridgehead atoms. The predicted molar refractivity (Wildman–Crippen MR) is 118 cm³/mol. The first-order valence-corrected chi connectivity index (χ1v) is 10.7. The van der Waals surface area contributed by atoms with E-state index in [4.69, 9.17) is 23.2 Å². The van der Waals surface area contributed by atoms with Gasteiger partial charge in [0, 0.05) is 23.0 Å². The van der Waals surface area contributed by atoms with Gasteiger partial charge < -0.3 is 0 Å². The van der Waals surface area contributed by atoms with Gasteiger partial charge in [0.2, 0.25) is 5.91 Å². The molecule has 2 atom stereocenters. The summed E-state index contributed by atoms with van der Waals surface area (Å²) in [4.78, 5) is 65.7. The summed E-state index contributed by atoms with van der Waals surface area (Å²) in [6.07, 6.45) is -0.236. The molecule has 33 heavy (non-hydrogen) atoms. The quantitative estimate of drug-likeness (QED) is 0.649. The number of carbonyl (C=O) groups excluding carboxylic acids is 5. The van der Waals surface area contributed by atoms with E-state index in [1.165, 1.54) is 18.2 Å². The average Bonchev–Trinajstić information content (AvgIpc) is 3.39. The minimum Gasteiger partial charge on any atom is -0.296 e. The lowest BCUT2D eigenvalue weighted by molar-refractivity contribution is -0.122. The van der Waals surface area contributed by atoms with Gasteiger partial charge in [-0.2, -0.15) is 5.10 Å². The van der Waals surface area contributed by atoms with Crippen molar-refractivity contribution in [1.82, 2.24) is 10.3 Å². The predicted octanol–water partition coefficient (Wildman–Crippen LogP) is 2.07. The molecule has 1 N–H and O–H groups in total. The third-order valence-corrected chi connectivity index (χ3v) is 6.19. The van der Waals surface area contributed by atoms with Crippen LogP contribution in [-0.4, -0.2) is 52.6 Å². The molecule has 3 aliphatic rings. The number of carbonyl (C=O) groups is 5. The molecular weight excluding hydrogens is 471 g/mol. The fraction of sp³-hybridized carbons (Fsp3) is 0.182. The van der Waals surface area contributed by atoms with Crippen LogP contribution in [0.2, 0.25) is 10.0 Å². The van der Waals surface area contributed by atoms with Gasteiger partial charge >= 0.3 is 0 Å². The van der Waals surface area contributed by atoms with Crippen molar-refractivity contribution in [1.29, 1.82) is 0 Å². The van der Waals surface area contributed by atoms with Crippen LogP contribution in [0.1, 0.15) is 27.1 Å². The lowest BCUT2D eigenvalue weighted by atomic mass is 9.94. The zero-order valence-electron chi connectivity index (χ0n) is 16.7. The number of anilines is 1. The molecule has 0 radical (unpaired) electrons. The summed E-state index contributed by atoms with van der Waals surface area (Å²) in [5.74, 6) is -3.85. The molecule has 1 saturated heterocycles. The van der Waals surface area contributed by atoms with Crippen LogP contribution in [0.25, 0.3) is 0 Å². The van der Waals surface area contributed by atoms with Gasteiger partial charge in [-0.1, -0.05) is 35.3 Å². The van der Waals surface area contributed by atoms with Gasteiger partial charge in [-0.15, -0.1) is 0 Å². The van der Waals surface area contributed by atoms with Crippen LogP contribution in [0.4, 0.5) is 5.69 Å². The van der Waals surface area contributed by atoms with Gasteiger partial charge in [0.1, 0.15) is 17.7 Å². The number of Topliss-reactive ketones (excluding diaryl/α,β-unsaturated/α-hetero) is 1. The Morgan fingerprint density at radius 1 is 0.939 bits per heavy atom. The van der Waals surface area contributed by atoms with Crippen LogP contribution in [-0.2, 0) is 14.4 Å². The highest BCUT2D eigenvalue weighted by molar-refractivity contribution is 6.49. The number of imide groups is 2. The number of ketones is 1. The van der Waals surface area contributed by atoms with E-state index in [-0.39, 0.29) is 45.5 Å². The number of nitrogens with one attached hydrogen (secondary N) is 1. The van der Waals surface area contributed by atoms with E-state index >= 15 is 0 Å². The van der Waals surface area contributed by atoms with Gasteiger partial charge in [0.05, 0.1) is 16.8 Å². The maximum atomic E-state index is 13.1. The lowest BCUT2D eigenvalue weighted by Gasteiger charge is -2.16. The van der Waals surface area contributed by atoms with Crippen LogP contribution in [0.5, 0.6) is 0 Å². The summed E-state index contributed by atoms with van der Waals surface area (Å²) < 4.78 is 0. The molecule has 1 fully saturated rings. The molecule has 0 aliphatic carbocycles. The van der Waals surface area contributed by atoms with Gasteiger partial charge in [0.25, 0.3) is 17.7 Å². The summed E-state index contributed by atoms with van der Waals surface area (Å²) in [6, 6.07) is 9.67.